The zero-order valence-corrected chi connectivity index (χ0v) is 10.5. The quantitative estimate of drug-likeness (QED) is 0.823. The highest BCUT2D eigenvalue weighted by molar-refractivity contribution is 7.98. The van der Waals surface area contributed by atoms with Gasteiger partial charge in [-0.1, -0.05) is 17.7 Å². The number of thioether (sulfide) groups is 1. The van der Waals surface area contributed by atoms with Crippen molar-refractivity contribution in [3.63, 3.8) is 0 Å². The number of aryl methyl sites for hydroxylation is 1. The fourth-order valence-corrected chi connectivity index (χ4v) is 1.97. The Labute approximate surface area is 105 Å². The minimum absolute atomic E-state index is 0.577. The van der Waals surface area contributed by atoms with Crippen LogP contribution in [0, 0.1) is 6.92 Å². The lowest BCUT2D eigenvalue weighted by atomic mass is 10.1. The first-order chi connectivity index (χ1) is 8.29. The zero-order chi connectivity index (χ0) is 12.1. The SMILES string of the molecule is Cc1ccc(-c2nnc(CSCCN)o2)cc1. The number of benzene rings is 1. The second kappa shape index (κ2) is 5.84. The molecule has 0 saturated carbocycles. The number of nitrogens with zero attached hydrogens (tertiary/aromatic N) is 2. The van der Waals surface area contributed by atoms with E-state index in [0.29, 0.717) is 18.3 Å². The first kappa shape index (κ1) is 12.1. The highest BCUT2D eigenvalue weighted by atomic mass is 32.2. The summed E-state index contributed by atoms with van der Waals surface area (Å²) in [6.45, 7) is 2.72. The summed E-state index contributed by atoms with van der Waals surface area (Å²) in [5, 5.41) is 8.04. The maximum Gasteiger partial charge on any atom is 0.247 e. The minimum Gasteiger partial charge on any atom is -0.420 e. The second-order valence-electron chi connectivity index (χ2n) is 3.71. The van der Waals surface area contributed by atoms with E-state index in [1.807, 2.05) is 31.2 Å². The Morgan fingerprint density at radius 1 is 1.24 bits per heavy atom. The van der Waals surface area contributed by atoms with Gasteiger partial charge >= 0.3 is 0 Å². The van der Waals surface area contributed by atoms with Crippen LogP contribution in [0.15, 0.2) is 28.7 Å². The van der Waals surface area contributed by atoms with Gasteiger partial charge in [0.05, 0.1) is 5.75 Å². The molecule has 0 aliphatic heterocycles. The van der Waals surface area contributed by atoms with E-state index in [1.165, 1.54) is 5.56 Å². The van der Waals surface area contributed by atoms with Crippen LogP contribution in [0.5, 0.6) is 0 Å². The molecule has 4 nitrogen and oxygen atoms in total. The van der Waals surface area contributed by atoms with Crippen molar-refractivity contribution >= 4 is 11.8 Å². The molecular weight excluding hydrogens is 234 g/mol. The van der Waals surface area contributed by atoms with Gasteiger partial charge in [-0.15, -0.1) is 10.2 Å². The molecule has 0 saturated heterocycles. The van der Waals surface area contributed by atoms with Crippen LogP contribution in [0.1, 0.15) is 11.5 Å². The van der Waals surface area contributed by atoms with E-state index >= 15 is 0 Å². The van der Waals surface area contributed by atoms with Crippen LogP contribution in [0.4, 0.5) is 0 Å². The molecule has 5 heteroatoms. The van der Waals surface area contributed by atoms with Crippen LogP contribution in [-0.2, 0) is 5.75 Å². The lowest BCUT2D eigenvalue weighted by molar-refractivity contribution is 0.528. The molecule has 0 aliphatic rings. The molecule has 2 aromatic rings. The Morgan fingerprint density at radius 2 is 2.00 bits per heavy atom. The van der Waals surface area contributed by atoms with E-state index in [4.69, 9.17) is 10.2 Å². The summed E-state index contributed by atoms with van der Waals surface area (Å²) in [6, 6.07) is 8.03. The molecule has 2 N–H and O–H groups in total. The molecule has 0 unspecified atom stereocenters. The molecule has 90 valence electrons. The van der Waals surface area contributed by atoms with Crippen molar-refractivity contribution in [1.82, 2.24) is 10.2 Å². The maximum atomic E-state index is 5.57. The van der Waals surface area contributed by atoms with Crippen LogP contribution in [0.25, 0.3) is 11.5 Å². The van der Waals surface area contributed by atoms with Gasteiger partial charge in [0.15, 0.2) is 0 Å². The summed E-state index contributed by atoms with van der Waals surface area (Å²) in [4.78, 5) is 0. The van der Waals surface area contributed by atoms with E-state index in [-0.39, 0.29) is 0 Å². The van der Waals surface area contributed by atoms with Crippen LogP contribution >= 0.6 is 11.8 Å². The van der Waals surface area contributed by atoms with Crippen molar-refractivity contribution in [3.05, 3.63) is 35.7 Å². The Kier molecular flexibility index (Phi) is 4.17. The van der Waals surface area contributed by atoms with Gasteiger partial charge < -0.3 is 10.2 Å². The molecule has 0 amide bonds. The summed E-state index contributed by atoms with van der Waals surface area (Å²) < 4.78 is 5.57. The third kappa shape index (κ3) is 3.31. The van der Waals surface area contributed by atoms with Gasteiger partial charge in [0.25, 0.3) is 0 Å². The largest absolute Gasteiger partial charge is 0.420 e. The maximum absolute atomic E-state index is 5.57. The van der Waals surface area contributed by atoms with Gasteiger partial charge in [-0.2, -0.15) is 11.8 Å². The summed E-state index contributed by atoms with van der Waals surface area (Å²) in [5.41, 5.74) is 7.59. The van der Waals surface area contributed by atoms with Crippen LogP contribution in [-0.4, -0.2) is 22.5 Å². The molecular formula is C12H15N3OS. The van der Waals surface area contributed by atoms with E-state index in [1.54, 1.807) is 11.8 Å². The lowest BCUT2D eigenvalue weighted by Crippen LogP contribution is -2.01. The van der Waals surface area contributed by atoms with E-state index in [9.17, 15) is 0 Å². The van der Waals surface area contributed by atoms with Crippen molar-refractivity contribution in [2.75, 3.05) is 12.3 Å². The van der Waals surface area contributed by atoms with Gasteiger partial charge in [-0.05, 0) is 19.1 Å². The Balaban J connectivity index is 2.04. The normalized spacial score (nSPS) is 10.7. The number of hydrogen-bond donors (Lipinski definition) is 1. The predicted octanol–water partition coefficient (Wildman–Crippen LogP) is 2.24. The number of aromatic nitrogens is 2. The molecule has 1 aromatic carbocycles. The topological polar surface area (TPSA) is 64.9 Å². The molecule has 0 fully saturated rings. The number of nitrogens with two attached hydrogens (primary N) is 1. The Hall–Kier alpha value is -1.33. The summed E-state index contributed by atoms with van der Waals surface area (Å²) in [5.74, 6) is 2.85. The molecule has 17 heavy (non-hydrogen) atoms. The summed E-state index contributed by atoms with van der Waals surface area (Å²) in [6.07, 6.45) is 0. The molecule has 0 atom stereocenters. The molecule has 1 heterocycles. The van der Waals surface area contributed by atoms with E-state index in [0.717, 1.165) is 17.1 Å². The fourth-order valence-electron chi connectivity index (χ4n) is 1.37. The summed E-state index contributed by atoms with van der Waals surface area (Å²) in [7, 11) is 0. The first-order valence-corrected chi connectivity index (χ1v) is 6.62. The van der Waals surface area contributed by atoms with Crippen molar-refractivity contribution in [3.8, 4) is 11.5 Å². The predicted molar refractivity (Wildman–Crippen MR) is 69.7 cm³/mol. The van der Waals surface area contributed by atoms with Crippen molar-refractivity contribution in [2.45, 2.75) is 12.7 Å². The molecule has 0 radical (unpaired) electrons. The van der Waals surface area contributed by atoms with Crippen LogP contribution in [0.2, 0.25) is 0 Å². The monoisotopic (exact) mass is 249 g/mol. The van der Waals surface area contributed by atoms with Gasteiger partial charge in [-0.3, -0.25) is 0 Å². The minimum atomic E-state index is 0.577. The average Bonchev–Trinajstić information content (AvgIpc) is 2.79. The van der Waals surface area contributed by atoms with Crippen LogP contribution < -0.4 is 5.73 Å². The molecule has 1 aromatic heterocycles. The van der Waals surface area contributed by atoms with Gasteiger partial charge in [0.2, 0.25) is 11.8 Å². The smallest absolute Gasteiger partial charge is 0.247 e. The second-order valence-corrected chi connectivity index (χ2v) is 4.81. The van der Waals surface area contributed by atoms with Crippen molar-refractivity contribution in [2.24, 2.45) is 5.73 Å². The van der Waals surface area contributed by atoms with Gasteiger partial charge in [0, 0.05) is 17.9 Å². The first-order valence-electron chi connectivity index (χ1n) is 5.47. The Morgan fingerprint density at radius 3 is 2.71 bits per heavy atom. The third-order valence-electron chi connectivity index (χ3n) is 2.25. The number of rotatable bonds is 5. The number of hydrogen-bond acceptors (Lipinski definition) is 5. The molecule has 0 bridgehead atoms. The molecule has 0 aliphatic carbocycles. The standard InChI is InChI=1S/C12H15N3OS/c1-9-2-4-10(5-3-9)12-15-14-11(16-12)8-17-7-6-13/h2-5H,6-8,13H2,1H3. The van der Waals surface area contributed by atoms with E-state index in [2.05, 4.69) is 10.2 Å². The highest BCUT2D eigenvalue weighted by Crippen LogP contribution is 2.20. The average molecular weight is 249 g/mol. The Bertz CT molecular complexity index is 467. The van der Waals surface area contributed by atoms with Crippen molar-refractivity contribution in [1.29, 1.82) is 0 Å². The van der Waals surface area contributed by atoms with Gasteiger partial charge in [-0.25, -0.2) is 0 Å². The van der Waals surface area contributed by atoms with Gasteiger partial charge in [0.1, 0.15) is 0 Å². The van der Waals surface area contributed by atoms with E-state index < -0.39 is 0 Å². The third-order valence-corrected chi connectivity index (χ3v) is 3.23. The highest BCUT2D eigenvalue weighted by Gasteiger charge is 2.07. The summed E-state index contributed by atoms with van der Waals surface area (Å²) >= 11 is 1.70. The molecule has 2 rings (SSSR count). The van der Waals surface area contributed by atoms with Crippen molar-refractivity contribution < 1.29 is 4.42 Å². The fraction of sp³-hybridized carbons (Fsp3) is 0.333. The molecule has 0 spiro atoms. The van der Waals surface area contributed by atoms with Crippen LogP contribution in [0.3, 0.4) is 0 Å². The lowest BCUT2D eigenvalue weighted by Gasteiger charge is -1.95. The zero-order valence-electron chi connectivity index (χ0n) is 9.72.